The maximum atomic E-state index is 12.0. The van der Waals surface area contributed by atoms with E-state index in [-0.39, 0.29) is 12.3 Å². The minimum atomic E-state index is -0.154. The first-order valence-electron chi connectivity index (χ1n) is 7.50. The van der Waals surface area contributed by atoms with Gasteiger partial charge in [-0.2, -0.15) is 0 Å². The lowest BCUT2D eigenvalue weighted by molar-refractivity contribution is -0.115. The van der Waals surface area contributed by atoms with Crippen molar-refractivity contribution in [1.82, 2.24) is 10.2 Å². The summed E-state index contributed by atoms with van der Waals surface area (Å²) in [6.45, 7) is 0. The summed E-state index contributed by atoms with van der Waals surface area (Å²) in [7, 11) is 0. The molecule has 0 spiro atoms. The standard InChI is InChI=1S/C18H14Cl2N4O/c19-13-6-7-14(20)15(11-13)21-16-8-9-17(24-23-16)22-18(25)10-12-4-2-1-3-5-12/h1-9,11H,10H2,(H,21,23)(H,22,24,25). The lowest BCUT2D eigenvalue weighted by Crippen LogP contribution is -2.15. The predicted molar refractivity (Wildman–Crippen MR) is 101 cm³/mol. The Morgan fingerprint density at radius 2 is 1.64 bits per heavy atom. The first-order valence-corrected chi connectivity index (χ1v) is 8.25. The van der Waals surface area contributed by atoms with Crippen molar-refractivity contribution in [3.63, 3.8) is 0 Å². The molecule has 2 N–H and O–H groups in total. The van der Waals surface area contributed by atoms with Crippen LogP contribution in [0, 0.1) is 0 Å². The molecule has 1 amide bonds. The van der Waals surface area contributed by atoms with Crippen molar-refractivity contribution in [3.8, 4) is 0 Å². The highest BCUT2D eigenvalue weighted by atomic mass is 35.5. The first kappa shape index (κ1) is 17.2. The van der Waals surface area contributed by atoms with E-state index >= 15 is 0 Å². The van der Waals surface area contributed by atoms with Gasteiger partial charge >= 0.3 is 0 Å². The Hall–Kier alpha value is -2.63. The molecule has 3 rings (SSSR count). The number of nitrogens with zero attached hydrogens (tertiary/aromatic N) is 2. The van der Waals surface area contributed by atoms with Crippen LogP contribution in [0.1, 0.15) is 5.56 Å². The van der Waals surface area contributed by atoms with Gasteiger partial charge in [0.1, 0.15) is 0 Å². The second-order valence-corrected chi connectivity index (χ2v) is 6.11. The summed E-state index contributed by atoms with van der Waals surface area (Å²) in [6.07, 6.45) is 0.278. The van der Waals surface area contributed by atoms with Crippen molar-refractivity contribution >= 4 is 46.4 Å². The molecule has 5 nitrogen and oxygen atoms in total. The number of rotatable bonds is 5. The summed E-state index contributed by atoms with van der Waals surface area (Å²) < 4.78 is 0. The van der Waals surface area contributed by atoms with Gasteiger partial charge in [-0.05, 0) is 35.9 Å². The Labute approximate surface area is 155 Å². The third-order valence-corrected chi connectivity index (χ3v) is 3.90. The van der Waals surface area contributed by atoms with Crippen molar-refractivity contribution < 1.29 is 4.79 Å². The van der Waals surface area contributed by atoms with Crippen LogP contribution in [0.4, 0.5) is 17.3 Å². The van der Waals surface area contributed by atoms with Crippen molar-refractivity contribution in [2.24, 2.45) is 0 Å². The zero-order valence-corrected chi connectivity index (χ0v) is 14.6. The number of aromatic nitrogens is 2. The van der Waals surface area contributed by atoms with Gasteiger partial charge in [0.25, 0.3) is 0 Å². The molecule has 0 aliphatic rings. The van der Waals surface area contributed by atoms with Crippen LogP contribution >= 0.6 is 23.2 Å². The van der Waals surface area contributed by atoms with E-state index in [1.54, 1.807) is 30.3 Å². The fraction of sp³-hybridized carbons (Fsp3) is 0.0556. The normalized spacial score (nSPS) is 10.3. The van der Waals surface area contributed by atoms with E-state index in [0.29, 0.717) is 27.4 Å². The summed E-state index contributed by atoms with van der Waals surface area (Å²) in [5.74, 6) is 0.716. The number of anilines is 3. The second kappa shape index (κ2) is 7.96. The third kappa shape index (κ3) is 4.92. The van der Waals surface area contributed by atoms with Crippen LogP contribution in [0.15, 0.2) is 60.7 Å². The summed E-state index contributed by atoms with van der Waals surface area (Å²) >= 11 is 12.0. The molecule has 0 aliphatic carbocycles. The summed E-state index contributed by atoms with van der Waals surface area (Å²) in [5, 5.41) is 14.8. The molecule has 0 aliphatic heterocycles. The van der Waals surface area contributed by atoms with Crippen LogP contribution in [0.5, 0.6) is 0 Å². The van der Waals surface area contributed by atoms with Gasteiger partial charge in [-0.15, -0.1) is 10.2 Å². The molecule has 0 radical (unpaired) electrons. The highest BCUT2D eigenvalue weighted by Crippen LogP contribution is 2.27. The van der Waals surface area contributed by atoms with Crippen molar-refractivity contribution in [2.45, 2.75) is 6.42 Å². The topological polar surface area (TPSA) is 66.9 Å². The van der Waals surface area contributed by atoms with Gasteiger partial charge in [0.15, 0.2) is 11.6 Å². The average Bonchev–Trinajstić information content (AvgIpc) is 2.61. The molecule has 3 aromatic rings. The van der Waals surface area contributed by atoms with Crippen molar-refractivity contribution in [1.29, 1.82) is 0 Å². The van der Waals surface area contributed by atoms with E-state index in [2.05, 4.69) is 20.8 Å². The number of hydrogen-bond donors (Lipinski definition) is 2. The molecular weight excluding hydrogens is 359 g/mol. The number of benzene rings is 2. The van der Waals surface area contributed by atoms with Gasteiger partial charge in [-0.3, -0.25) is 4.79 Å². The van der Waals surface area contributed by atoms with Crippen molar-refractivity contribution in [2.75, 3.05) is 10.6 Å². The Bertz CT molecular complexity index is 870. The molecule has 2 aromatic carbocycles. The van der Waals surface area contributed by atoms with E-state index in [9.17, 15) is 4.79 Å². The van der Waals surface area contributed by atoms with Gasteiger partial charge < -0.3 is 10.6 Å². The van der Waals surface area contributed by atoms with Gasteiger partial charge in [0.05, 0.1) is 17.1 Å². The van der Waals surface area contributed by atoms with Gasteiger partial charge in [0, 0.05) is 5.02 Å². The molecule has 0 fully saturated rings. The zero-order valence-electron chi connectivity index (χ0n) is 13.0. The van der Waals surface area contributed by atoms with Crippen LogP contribution in [0.3, 0.4) is 0 Å². The van der Waals surface area contributed by atoms with E-state index < -0.39 is 0 Å². The molecule has 0 atom stereocenters. The molecule has 1 aromatic heterocycles. The largest absolute Gasteiger partial charge is 0.337 e. The summed E-state index contributed by atoms with van der Waals surface area (Å²) in [4.78, 5) is 12.0. The molecule has 0 bridgehead atoms. The minimum absolute atomic E-state index is 0.154. The Morgan fingerprint density at radius 1 is 0.920 bits per heavy atom. The fourth-order valence-electron chi connectivity index (χ4n) is 2.17. The third-order valence-electron chi connectivity index (χ3n) is 3.33. The molecule has 25 heavy (non-hydrogen) atoms. The maximum Gasteiger partial charge on any atom is 0.229 e. The smallest absolute Gasteiger partial charge is 0.229 e. The SMILES string of the molecule is O=C(Cc1ccccc1)Nc1ccc(Nc2cc(Cl)ccc2Cl)nn1. The molecule has 0 saturated heterocycles. The lowest BCUT2D eigenvalue weighted by atomic mass is 10.1. The second-order valence-electron chi connectivity index (χ2n) is 5.26. The lowest BCUT2D eigenvalue weighted by Gasteiger charge is -2.08. The molecule has 0 saturated carbocycles. The van der Waals surface area contributed by atoms with E-state index in [1.165, 1.54) is 0 Å². The summed E-state index contributed by atoms with van der Waals surface area (Å²) in [6, 6.07) is 17.9. The van der Waals surface area contributed by atoms with Crippen LogP contribution in [-0.4, -0.2) is 16.1 Å². The molecule has 126 valence electrons. The highest BCUT2D eigenvalue weighted by Gasteiger charge is 2.07. The number of carbonyl (C=O) groups excluding carboxylic acids is 1. The quantitative estimate of drug-likeness (QED) is 0.680. The number of nitrogens with one attached hydrogen (secondary N) is 2. The molecule has 7 heteroatoms. The van der Waals surface area contributed by atoms with Crippen LogP contribution in [0.2, 0.25) is 10.0 Å². The van der Waals surface area contributed by atoms with Crippen LogP contribution < -0.4 is 10.6 Å². The van der Waals surface area contributed by atoms with Crippen molar-refractivity contribution in [3.05, 3.63) is 76.3 Å². The van der Waals surface area contributed by atoms with Crippen LogP contribution in [0.25, 0.3) is 0 Å². The van der Waals surface area contributed by atoms with Gasteiger partial charge in [0.2, 0.25) is 5.91 Å². The number of carbonyl (C=O) groups is 1. The van der Waals surface area contributed by atoms with Gasteiger partial charge in [-0.1, -0.05) is 53.5 Å². The van der Waals surface area contributed by atoms with E-state index in [0.717, 1.165) is 5.56 Å². The monoisotopic (exact) mass is 372 g/mol. The zero-order chi connectivity index (χ0) is 17.6. The molecule has 1 heterocycles. The van der Waals surface area contributed by atoms with E-state index in [4.69, 9.17) is 23.2 Å². The Kier molecular flexibility index (Phi) is 5.48. The maximum absolute atomic E-state index is 12.0. The summed E-state index contributed by atoms with van der Waals surface area (Å²) in [5.41, 5.74) is 1.56. The predicted octanol–water partition coefficient (Wildman–Crippen LogP) is 4.71. The minimum Gasteiger partial charge on any atom is -0.337 e. The number of halogens is 2. The average molecular weight is 373 g/mol. The fourth-order valence-corrected chi connectivity index (χ4v) is 2.50. The van der Waals surface area contributed by atoms with E-state index in [1.807, 2.05) is 30.3 Å². The Balaban J connectivity index is 1.62. The molecule has 0 unspecified atom stereocenters. The number of amides is 1. The first-order chi connectivity index (χ1) is 12.1. The Morgan fingerprint density at radius 3 is 2.36 bits per heavy atom. The van der Waals surface area contributed by atoms with Gasteiger partial charge in [-0.25, -0.2) is 0 Å². The highest BCUT2D eigenvalue weighted by molar-refractivity contribution is 6.35. The molecular formula is C18H14Cl2N4O. The van der Waals surface area contributed by atoms with Crippen LogP contribution in [-0.2, 0) is 11.2 Å². The number of hydrogen-bond acceptors (Lipinski definition) is 4.